The van der Waals surface area contributed by atoms with E-state index in [1.807, 2.05) is 0 Å². The van der Waals surface area contributed by atoms with Crippen molar-refractivity contribution in [3.8, 4) is 0 Å². The largest absolute Gasteiger partial charge is 0.469 e. The number of alkyl carbamates (subject to hydrolysis) is 1. The van der Waals surface area contributed by atoms with Crippen LogP contribution >= 0.6 is 0 Å². The number of carbonyl (C=O) groups excluding carboxylic acids is 2. The summed E-state index contributed by atoms with van der Waals surface area (Å²) in [5.41, 5.74) is 4.80. The fourth-order valence-corrected chi connectivity index (χ4v) is 1.88. The van der Waals surface area contributed by atoms with Gasteiger partial charge in [-0.1, -0.05) is 0 Å². The van der Waals surface area contributed by atoms with E-state index in [0.29, 0.717) is 6.42 Å². The van der Waals surface area contributed by atoms with Gasteiger partial charge in [0, 0.05) is 5.54 Å². The highest BCUT2D eigenvalue weighted by atomic mass is 16.6. The van der Waals surface area contributed by atoms with E-state index in [4.69, 9.17) is 10.5 Å². The van der Waals surface area contributed by atoms with E-state index in [-0.39, 0.29) is 18.4 Å². The summed E-state index contributed by atoms with van der Waals surface area (Å²) >= 11 is 0. The molecular weight excluding hydrogens is 236 g/mol. The summed E-state index contributed by atoms with van der Waals surface area (Å²) in [7, 11) is 1.32. The Morgan fingerprint density at radius 2 is 2.06 bits per heavy atom. The van der Waals surface area contributed by atoms with Crippen molar-refractivity contribution in [2.75, 3.05) is 7.11 Å². The lowest BCUT2D eigenvalue weighted by Crippen LogP contribution is -2.66. The zero-order chi connectivity index (χ0) is 14.0. The van der Waals surface area contributed by atoms with E-state index in [0.717, 1.165) is 6.42 Å². The molecule has 0 saturated heterocycles. The van der Waals surface area contributed by atoms with Crippen molar-refractivity contribution >= 4 is 12.1 Å². The lowest BCUT2D eigenvalue weighted by molar-refractivity contribution is -0.143. The monoisotopic (exact) mass is 258 g/mol. The van der Waals surface area contributed by atoms with Crippen LogP contribution in [0.15, 0.2) is 0 Å². The Morgan fingerprint density at radius 3 is 2.44 bits per heavy atom. The average molecular weight is 258 g/mol. The second-order valence-electron chi connectivity index (χ2n) is 5.72. The van der Waals surface area contributed by atoms with Crippen molar-refractivity contribution in [3.05, 3.63) is 0 Å². The number of rotatable bonds is 3. The lowest BCUT2D eigenvalue weighted by atomic mass is 9.70. The highest BCUT2D eigenvalue weighted by Crippen LogP contribution is 2.33. The summed E-state index contributed by atoms with van der Waals surface area (Å²) in [4.78, 5) is 22.8. The van der Waals surface area contributed by atoms with Crippen LogP contribution in [0.4, 0.5) is 4.79 Å². The Bertz CT molecular complexity index is 337. The molecule has 0 aromatic carbocycles. The first-order valence-electron chi connectivity index (χ1n) is 6.01. The van der Waals surface area contributed by atoms with E-state index >= 15 is 0 Å². The number of carbonyl (C=O) groups is 2. The normalized spacial score (nSPS) is 27.1. The van der Waals surface area contributed by atoms with Crippen molar-refractivity contribution < 1.29 is 19.1 Å². The highest BCUT2D eigenvalue weighted by molar-refractivity contribution is 5.72. The van der Waals surface area contributed by atoms with E-state index in [1.165, 1.54) is 7.11 Å². The van der Waals surface area contributed by atoms with Gasteiger partial charge in [-0.15, -0.1) is 0 Å². The first-order valence-corrected chi connectivity index (χ1v) is 6.01. The molecule has 1 rings (SSSR count). The minimum Gasteiger partial charge on any atom is -0.469 e. The smallest absolute Gasteiger partial charge is 0.407 e. The third kappa shape index (κ3) is 3.87. The molecule has 1 saturated carbocycles. The number of ether oxygens (including phenoxy) is 2. The van der Waals surface area contributed by atoms with Gasteiger partial charge in [-0.05, 0) is 33.6 Å². The number of hydrogen-bond acceptors (Lipinski definition) is 5. The standard InChI is InChI=1S/C12H22N2O4/c1-11(2,3)18-10(16)14-8-5-6-12(8,13)7-9(15)17-4/h8H,5-7,13H2,1-4H3,(H,14,16). The SMILES string of the molecule is COC(=O)CC1(N)CCC1NC(=O)OC(C)(C)C. The van der Waals surface area contributed by atoms with Gasteiger partial charge < -0.3 is 20.5 Å². The summed E-state index contributed by atoms with van der Waals surface area (Å²) in [6.07, 6.45) is 1.02. The minimum absolute atomic E-state index is 0.101. The molecule has 18 heavy (non-hydrogen) atoms. The van der Waals surface area contributed by atoms with Crippen molar-refractivity contribution in [1.29, 1.82) is 0 Å². The van der Waals surface area contributed by atoms with Gasteiger partial charge in [0.05, 0.1) is 19.6 Å². The molecule has 1 aliphatic rings. The second-order valence-corrected chi connectivity index (χ2v) is 5.72. The molecular formula is C12H22N2O4. The maximum Gasteiger partial charge on any atom is 0.407 e. The molecule has 0 bridgehead atoms. The third-order valence-corrected chi connectivity index (χ3v) is 2.98. The van der Waals surface area contributed by atoms with Gasteiger partial charge in [0.2, 0.25) is 0 Å². The Hall–Kier alpha value is -1.30. The van der Waals surface area contributed by atoms with Gasteiger partial charge in [0.1, 0.15) is 5.60 Å². The molecule has 0 spiro atoms. The van der Waals surface area contributed by atoms with Crippen LogP contribution in [0.3, 0.4) is 0 Å². The van der Waals surface area contributed by atoms with Crippen molar-refractivity contribution in [2.45, 2.75) is 57.2 Å². The molecule has 1 amide bonds. The zero-order valence-electron chi connectivity index (χ0n) is 11.4. The molecule has 0 heterocycles. The van der Waals surface area contributed by atoms with Crippen LogP contribution in [-0.2, 0) is 14.3 Å². The van der Waals surface area contributed by atoms with Crippen LogP contribution < -0.4 is 11.1 Å². The van der Waals surface area contributed by atoms with Gasteiger partial charge in [-0.25, -0.2) is 4.79 Å². The molecule has 2 unspecified atom stereocenters. The summed E-state index contributed by atoms with van der Waals surface area (Å²) < 4.78 is 9.74. The van der Waals surface area contributed by atoms with Gasteiger partial charge >= 0.3 is 12.1 Å². The summed E-state index contributed by atoms with van der Waals surface area (Å²) in [5.74, 6) is -0.367. The van der Waals surface area contributed by atoms with Crippen LogP contribution in [0.2, 0.25) is 0 Å². The van der Waals surface area contributed by atoms with Crippen LogP contribution in [-0.4, -0.2) is 36.4 Å². The summed E-state index contributed by atoms with van der Waals surface area (Å²) in [6.45, 7) is 5.37. The molecule has 0 aliphatic heterocycles. The molecule has 1 aliphatic carbocycles. The Balaban J connectivity index is 2.48. The molecule has 0 radical (unpaired) electrons. The Kier molecular flexibility index (Phi) is 4.21. The number of amides is 1. The molecule has 0 aromatic rings. The average Bonchev–Trinajstić information content (AvgIpc) is 2.22. The van der Waals surface area contributed by atoms with E-state index in [9.17, 15) is 9.59 Å². The molecule has 1 fully saturated rings. The topological polar surface area (TPSA) is 90.6 Å². The van der Waals surface area contributed by atoms with E-state index in [1.54, 1.807) is 20.8 Å². The fraction of sp³-hybridized carbons (Fsp3) is 0.833. The molecule has 2 atom stereocenters. The molecule has 3 N–H and O–H groups in total. The number of nitrogens with one attached hydrogen (secondary N) is 1. The summed E-state index contributed by atoms with van der Waals surface area (Å²) in [6, 6.07) is -0.244. The van der Waals surface area contributed by atoms with Crippen molar-refractivity contribution in [2.24, 2.45) is 5.73 Å². The number of hydrogen-bond donors (Lipinski definition) is 2. The maximum atomic E-state index is 11.6. The Morgan fingerprint density at radius 1 is 1.44 bits per heavy atom. The first-order chi connectivity index (χ1) is 8.16. The molecule has 104 valence electrons. The molecule has 6 nitrogen and oxygen atoms in total. The van der Waals surface area contributed by atoms with E-state index < -0.39 is 17.2 Å². The summed E-state index contributed by atoms with van der Waals surface area (Å²) in [5, 5.41) is 2.70. The van der Waals surface area contributed by atoms with Crippen LogP contribution in [0.25, 0.3) is 0 Å². The van der Waals surface area contributed by atoms with Gasteiger partial charge in [0.15, 0.2) is 0 Å². The van der Waals surface area contributed by atoms with E-state index in [2.05, 4.69) is 10.1 Å². The number of nitrogens with two attached hydrogens (primary N) is 1. The molecule has 6 heteroatoms. The number of methoxy groups -OCH3 is 1. The highest BCUT2D eigenvalue weighted by Gasteiger charge is 2.46. The quantitative estimate of drug-likeness (QED) is 0.735. The van der Waals surface area contributed by atoms with Gasteiger partial charge in [-0.2, -0.15) is 0 Å². The van der Waals surface area contributed by atoms with Crippen LogP contribution in [0, 0.1) is 0 Å². The lowest BCUT2D eigenvalue weighted by Gasteiger charge is -2.46. The second kappa shape index (κ2) is 5.14. The van der Waals surface area contributed by atoms with Crippen molar-refractivity contribution in [3.63, 3.8) is 0 Å². The first kappa shape index (κ1) is 14.8. The van der Waals surface area contributed by atoms with Gasteiger partial charge in [0.25, 0.3) is 0 Å². The predicted molar refractivity (Wildman–Crippen MR) is 65.9 cm³/mol. The van der Waals surface area contributed by atoms with Crippen molar-refractivity contribution in [1.82, 2.24) is 5.32 Å². The third-order valence-electron chi connectivity index (χ3n) is 2.98. The van der Waals surface area contributed by atoms with Crippen LogP contribution in [0.1, 0.15) is 40.0 Å². The van der Waals surface area contributed by atoms with Gasteiger partial charge in [-0.3, -0.25) is 4.79 Å². The molecule has 0 aromatic heterocycles. The van der Waals surface area contributed by atoms with Crippen LogP contribution in [0.5, 0.6) is 0 Å². The fourth-order valence-electron chi connectivity index (χ4n) is 1.88. The Labute approximate surface area is 107 Å². The number of esters is 1. The maximum absolute atomic E-state index is 11.6. The zero-order valence-corrected chi connectivity index (χ0v) is 11.4. The minimum atomic E-state index is -0.718. The predicted octanol–water partition coefficient (Wildman–Crippen LogP) is 0.934.